The molecule has 5 heteroatoms. The van der Waals surface area contributed by atoms with E-state index in [0.29, 0.717) is 6.42 Å². The van der Waals surface area contributed by atoms with Gasteiger partial charge in [-0.15, -0.1) is 10.2 Å². The van der Waals surface area contributed by atoms with Crippen LogP contribution in [0.5, 0.6) is 0 Å². The lowest BCUT2D eigenvalue weighted by Crippen LogP contribution is -2.34. The average Bonchev–Trinajstić information content (AvgIpc) is 2.59. The summed E-state index contributed by atoms with van der Waals surface area (Å²) >= 11 is 0. The molecule has 0 atom stereocenters. The molecule has 5 nitrogen and oxygen atoms in total. The third kappa shape index (κ3) is 2.40. The maximum absolute atomic E-state index is 11.7. The van der Waals surface area contributed by atoms with Crippen LogP contribution in [0.1, 0.15) is 50.2 Å². The lowest BCUT2D eigenvalue weighted by Gasteiger charge is -2.27. The van der Waals surface area contributed by atoms with Gasteiger partial charge in [-0.1, -0.05) is 25.7 Å². The Hall–Kier alpha value is -1.39. The Morgan fingerprint density at radius 2 is 1.89 bits per heavy atom. The number of hydrogen-bond donors (Lipinski definition) is 1. The third-order valence-corrected chi connectivity index (χ3v) is 4.19. The molecule has 1 aliphatic carbocycles. The molecule has 0 unspecified atom stereocenters. The smallest absolute Gasteiger partial charge is 0.310 e. The van der Waals surface area contributed by atoms with Crippen LogP contribution in [0.3, 0.4) is 0 Å². The van der Waals surface area contributed by atoms with Crippen molar-refractivity contribution in [2.45, 2.75) is 51.9 Å². The fraction of sp³-hybridized carbons (Fsp3) is 0.769. The first kappa shape index (κ1) is 13.1. The molecule has 1 aromatic rings. The second-order valence-corrected chi connectivity index (χ2v) is 5.40. The molecule has 1 aromatic heterocycles. The quantitative estimate of drug-likeness (QED) is 0.835. The highest BCUT2D eigenvalue weighted by atomic mass is 16.4. The highest BCUT2D eigenvalue weighted by Crippen LogP contribution is 2.38. The molecule has 0 aliphatic heterocycles. The number of aliphatic carboxylic acids is 1. The molecule has 0 aromatic carbocycles. The molecular formula is C13H21N3O2. The van der Waals surface area contributed by atoms with E-state index in [9.17, 15) is 9.90 Å². The van der Waals surface area contributed by atoms with Crippen molar-refractivity contribution in [3.05, 3.63) is 11.6 Å². The topological polar surface area (TPSA) is 68.0 Å². The van der Waals surface area contributed by atoms with Gasteiger partial charge in [-0.25, -0.2) is 0 Å². The molecule has 0 radical (unpaired) electrons. The Labute approximate surface area is 107 Å². The van der Waals surface area contributed by atoms with E-state index in [1.54, 1.807) is 0 Å². The standard InChI is InChI=1S/C13H21N3O2/c1-10-14-15-11(16(10)2)9-13(12(17)18)7-5-3-4-6-8-13/h3-9H2,1-2H3,(H,17,18). The molecule has 100 valence electrons. The summed E-state index contributed by atoms with van der Waals surface area (Å²) in [4.78, 5) is 11.7. The largest absolute Gasteiger partial charge is 0.481 e. The average molecular weight is 251 g/mol. The van der Waals surface area contributed by atoms with Crippen LogP contribution < -0.4 is 0 Å². The number of carboxylic acids is 1. The van der Waals surface area contributed by atoms with Crippen LogP contribution >= 0.6 is 0 Å². The van der Waals surface area contributed by atoms with Crippen LogP contribution in [0, 0.1) is 12.3 Å². The number of rotatable bonds is 3. The lowest BCUT2D eigenvalue weighted by molar-refractivity contribution is -0.150. The van der Waals surface area contributed by atoms with Gasteiger partial charge >= 0.3 is 5.97 Å². The zero-order valence-corrected chi connectivity index (χ0v) is 11.1. The maximum Gasteiger partial charge on any atom is 0.310 e. The molecule has 1 fully saturated rings. The van der Waals surface area contributed by atoms with Gasteiger partial charge in [-0.2, -0.15) is 0 Å². The highest BCUT2D eigenvalue weighted by molar-refractivity contribution is 5.75. The minimum Gasteiger partial charge on any atom is -0.481 e. The van der Waals surface area contributed by atoms with Gasteiger partial charge < -0.3 is 9.67 Å². The molecule has 0 bridgehead atoms. The van der Waals surface area contributed by atoms with Crippen molar-refractivity contribution in [1.29, 1.82) is 0 Å². The van der Waals surface area contributed by atoms with Gasteiger partial charge in [-0.05, 0) is 19.8 Å². The molecule has 2 rings (SSSR count). The van der Waals surface area contributed by atoms with Crippen LogP contribution in [0.25, 0.3) is 0 Å². The molecule has 1 heterocycles. The fourth-order valence-electron chi connectivity index (χ4n) is 2.78. The van der Waals surface area contributed by atoms with Crippen molar-refractivity contribution >= 4 is 5.97 Å². The summed E-state index contributed by atoms with van der Waals surface area (Å²) in [6.45, 7) is 1.89. The van der Waals surface area contributed by atoms with E-state index < -0.39 is 11.4 Å². The summed E-state index contributed by atoms with van der Waals surface area (Å²) in [5.74, 6) is 0.945. The second kappa shape index (κ2) is 5.08. The highest BCUT2D eigenvalue weighted by Gasteiger charge is 2.40. The summed E-state index contributed by atoms with van der Waals surface area (Å²) < 4.78 is 1.90. The number of aromatic nitrogens is 3. The van der Waals surface area contributed by atoms with Crippen molar-refractivity contribution in [2.75, 3.05) is 0 Å². The minimum absolute atomic E-state index is 0.500. The molecule has 0 saturated heterocycles. The lowest BCUT2D eigenvalue weighted by atomic mass is 9.77. The normalized spacial score (nSPS) is 19.4. The van der Waals surface area contributed by atoms with E-state index in [4.69, 9.17) is 0 Å². The van der Waals surface area contributed by atoms with Gasteiger partial charge in [0.15, 0.2) is 0 Å². The van der Waals surface area contributed by atoms with E-state index in [2.05, 4.69) is 10.2 Å². The summed E-state index contributed by atoms with van der Waals surface area (Å²) in [6.07, 6.45) is 6.31. The van der Waals surface area contributed by atoms with E-state index >= 15 is 0 Å². The summed E-state index contributed by atoms with van der Waals surface area (Å²) in [5, 5.41) is 17.7. The van der Waals surface area contributed by atoms with Crippen molar-refractivity contribution in [3.63, 3.8) is 0 Å². The maximum atomic E-state index is 11.7. The van der Waals surface area contributed by atoms with E-state index in [1.165, 1.54) is 0 Å². The molecule has 0 spiro atoms. The number of hydrogen-bond acceptors (Lipinski definition) is 3. The monoisotopic (exact) mass is 251 g/mol. The number of nitrogens with zero attached hydrogens (tertiary/aromatic N) is 3. The first-order chi connectivity index (χ1) is 8.55. The Morgan fingerprint density at radius 3 is 2.33 bits per heavy atom. The molecule has 1 saturated carbocycles. The van der Waals surface area contributed by atoms with Crippen molar-refractivity contribution in [2.24, 2.45) is 12.5 Å². The Kier molecular flexibility index (Phi) is 3.68. The number of carbonyl (C=O) groups is 1. The van der Waals surface area contributed by atoms with Crippen LogP contribution in [-0.4, -0.2) is 25.8 Å². The minimum atomic E-state index is -0.676. The third-order valence-electron chi connectivity index (χ3n) is 4.19. The SMILES string of the molecule is Cc1nnc(CC2(C(=O)O)CCCCCC2)n1C. The predicted molar refractivity (Wildman–Crippen MR) is 67.2 cm³/mol. The Bertz CT molecular complexity index is 431. The van der Waals surface area contributed by atoms with Gasteiger partial charge in [-0.3, -0.25) is 4.79 Å². The number of carboxylic acid groups (broad SMARTS) is 1. The molecule has 1 aliphatic rings. The van der Waals surface area contributed by atoms with Gasteiger partial charge in [0, 0.05) is 13.5 Å². The Morgan fingerprint density at radius 1 is 1.28 bits per heavy atom. The van der Waals surface area contributed by atoms with Crippen molar-refractivity contribution in [1.82, 2.24) is 14.8 Å². The van der Waals surface area contributed by atoms with Crippen molar-refractivity contribution in [3.8, 4) is 0 Å². The van der Waals surface area contributed by atoms with Crippen LogP contribution in [0.2, 0.25) is 0 Å². The number of aryl methyl sites for hydroxylation is 1. The van der Waals surface area contributed by atoms with Gasteiger partial charge in [0.05, 0.1) is 5.41 Å². The van der Waals surface area contributed by atoms with Gasteiger partial charge in [0.2, 0.25) is 0 Å². The molecule has 1 N–H and O–H groups in total. The molecule has 18 heavy (non-hydrogen) atoms. The van der Waals surface area contributed by atoms with Crippen LogP contribution in [0.4, 0.5) is 0 Å². The second-order valence-electron chi connectivity index (χ2n) is 5.40. The van der Waals surface area contributed by atoms with Crippen LogP contribution in [-0.2, 0) is 18.3 Å². The zero-order valence-electron chi connectivity index (χ0n) is 11.1. The first-order valence-corrected chi connectivity index (χ1v) is 6.63. The van der Waals surface area contributed by atoms with E-state index in [0.717, 1.165) is 50.2 Å². The van der Waals surface area contributed by atoms with E-state index in [-0.39, 0.29) is 0 Å². The van der Waals surface area contributed by atoms with Gasteiger partial charge in [0.25, 0.3) is 0 Å². The predicted octanol–water partition coefficient (Wildman–Crippen LogP) is 2.09. The molecular weight excluding hydrogens is 230 g/mol. The summed E-state index contributed by atoms with van der Waals surface area (Å²) in [7, 11) is 1.90. The van der Waals surface area contributed by atoms with Gasteiger partial charge in [0.1, 0.15) is 11.6 Å². The summed E-state index contributed by atoms with van der Waals surface area (Å²) in [6, 6.07) is 0. The summed E-state index contributed by atoms with van der Waals surface area (Å²) in [5.41, 5.74) is -0.635. The molecule has 0 amide bonds. The fourth-order valence-corrected chi connectivity index (χ4v) is 2.78. The Balaban J connectivity index is 2.25. The zero-order chi connectivity index (χ0) is 13.2. The first-order valence-electron chi connectivity index (χ1n) is 6.63. The van der Waals surface area contributed by atoms with E-state index in [1.807, 2.05) is 18.5 Å². The van der Waals surface area contributed by atoms with Crippen LogP contribution in [0.15, 0.2) is 0 Å². The van der Waals surface area contributed by atoms with Crippen molar-refractivity contribution < 1.29 is 9.90 Å².